The average Bonchev–Trinajstić information content (AvgIpc) is 2.69. The van der Waals surface area contributed by atoms with Crippen LogP contribution in [0.2, 0.25) is 5.02 Å². The molecule has 2 aromatic carbocycles. The molecule has 30 heavy (non-hydrogen) atoms. The van der Waals surface area contributed by atoms with Crippen molar-refractivity contribution in [2.45, 2.75) is 31.2 Å². The molecule has 0 saturated carbocycles. The normalized spacial score (nSPS) is 16.1. The zero-order valence-electron chi connectivity index (χ0n) is 16.4. The van der Waals surface area contributed by atoms with Gasteiger partial charge in [-0.25, -0.2) is 8.42 Å². The number of nitrogens with zero attached hydrogens (tertiary/aromatic N) is 1. The predicted octanol–water partition coefficient (Wildman–Crippen LogP) is 3.37. The maximum absolute atomic E-state index is 13.7. The van der Waals surface area contributed by atoms with Gasteiger partial charge in [-0.1, -0.05) is 39.7 Å². The molecule has 160 valence electrons. The first-order valence-corrected chi connectivity index (χ1v) is 12.1. The summed E-state index contributed by atoms with van der Waals surface area (Å²) in [6.45, 7) is 3.72. The van der Waals surface area contributed by atoms with Gasteiger partial charge in [0.25, 0.3) is 10.0 Å². The van der Waals surface area contributed by atoms with Crippen molar-refractivity contribution in [3.8, 4) is 0 Å². The topological polar surface area (TPSA) is 95.6 Å². The van der Waals surface area contributed by atoms with E-state index < -0.39 is 27.9 Å². The number of carbonyl (C=O) groups excluding carboxylic acids is 2. The summed E-state index contributed by atoms with van der Waals surface area (Å²) in [6.07, 6.45) is -0.308. The second-order valence-corrected chi connectivity index (χ2v) is 9.92. The van der Waals surface area contributed by atoms with E-state index in [1.807, 2.05) is 0 Å². The number of aryl methyl sites for hydroxylation is 2. The van der Waals surface area contributed by atoms with Crippen LogP contribution in [0, 0.1) is 13.8 Å². The largest absolute Gasteiger partial charge is 0.355 e. The van der Waals surface area contributed by atoms with E-state index in [9.17, 15) is 18.0 Å². The van der Waals surface area contributed by atoms with E-state index in [4.69, 9.17) is 11.6 Å². The van der Waals surface area contributed by atoms with Crippen molar-refractivity contribution in [1.29, 1.82) is 0 Å². The molecule has 0 aliphatic carbocycles. The number of hydrogen-bond donors (Lipinski definition) is 2. The van der Waals surface area contributed by atoms with Gasteiger partial charge in [-0.15, -0.1) is 0 Å². The summed E-state index contributed by atoms with van der Waals surface area (Å²) >= 11 is 9.36. The average molecular weight is 515 g/mol. The third kappa shape index (κ3) is 4.33. The molecule has 3 rings (SSSR count). The minimum atomic E-state index is -4.17. The van der Waals surface area contributed by atoms with E-state index in [-0.39, 0.29) is 11.3 Å². The zero-order valence-corrected chi connectivity index (χ0v) is 19.6. The Morgan fingerprint density at radius 1 is 1.23 bits per heavy atom. The van der Waals surface area contributed by atoms with Crippen LogP contribution in [0.1, 0.15) is 17.5 Å². The Balaban J connectivity index is 2.14. The van der Waals surface area contributed by atoms with Crippen LogP contribution in [0.4, 0.5) is 11.4 Å². The van der Waals surface area contributed by atoms with Gasteiger partial charge >= 0.3 is 0 Å². The van der Waals surface area contributed by atoms with Crippen molar-refractivity contribution >= 4 is 60.7 Å². The molecule has 0 saturated heterocycles. The monoisotopic (exact) mass is 513 g/mol. The SMILES string of the molecule is Cc1cc(S(=O)(=O)N2c3ccccc3NC(=O)[C@H]2CC(=O)NCCBr)c(C)cc1Cl. The molecule has 1 aliphatic heterocycles. The second kappa shape index (κ2) is 8.95. The number of anilines is 2. The Labute approximate surface area is 189 Å². The van der Waals surface area contributed by atoms with E-state index >= 15 is 0 Å². The quantitative estimate of drug-likeness (QED) is 0.578. The molecule has 0 radical (unpaired) electrons. The highest BCUT2D eigenvalue weighted by molar-refractivity contribution is 9.09. The van der Waals surface area contributed by atoms with Crippen LogP contribution in [-0.4, -0.2) is 38.1 Å². The molecule has 2 amide bonds. The zero-order chi connectivity index (χ0) is 22.1. The van der Waals surface area contributed by atoms with Crippen molar-refractivity contribution in [3.63, 3.8) is 0 Å². The maximum atomic E-state index is 13.7. The number of carbonyl (C=O) groups is 2. The van der Waals surface area contributed by atoms with Crippen LogP contribution >= 0.6 is 27.5 Å². The van der Waals surface area contributed by atoms with Crippen molar-refractivity contribution in [1.82, 2.24) is 5.32 Å². The molecule has 7 nitrogen and oxygen atoms in total. The molecule has 0 bridgehead atoms. The fraction of sp³-hybridized carbons (Fsp3) is 0.300. The minimum absolute atomic E-state index is 0.0415. The molecule has 0 unspecified atom stereocenters. The third-order valence-electron chi connectivity index (χ3n) is 4.77. The first kappa shape index (κ1) is 22.6. The van der Waals surface area contributed by atoms with Gasteiger partial charge < -0.3 is 10.6 Å². The number of nitrogens with one attached hydrogen (secondary N) is 2. The highest BCUT2D eigenvalue weighted by Gasteiger charge is 2.42. The molecular weight excluding hydrogens is 494 g/mol. The number of amides is 2. The molecule has 2 N–H and O–H groups in total. The molecule has 1 atom stereocenters. The standard InChI is InChI=1S/C20H21BrClN3O4S/c1-12-10-18(13(2)9-14(12)22)30(28,29)25-16-6-4-3-5-15(16)24-20(27)17(25)11-19(26)23-8-7-21/h3-6,9-10,17H,7-8,11H2,1-2H3,(H,23,26)(H,24,27)/t17-/m1/s1. The van der Waals surface area contributed by atoms with Gasteiger partial charge in [0.15, 0.2) is 0 Å². The van der Waals surface area contributed by atoms with Gasteiger partial charge in [0.2, 0.25) is 11.8 Å². The number of halogens is 2. The first-order chi connectivity index (χ1) is 14.2. The highest BCUT2D eigenvalue weighted by atomic mass is 79.9. The Kier molecular flexibility index (Phi) is 6.74. The van der Waals surface area contributed by atoms with Crippen molar-refractivity contribution in [2.75, 3.05) is 21.5 Å². The van der Waals surface area contributed by atoms with E-state index in [0.29, 0.717) is 39.4 Å². The fourth-order valence-electron chi connectivity index (χ4n) is 3.31. The number of fused-ring (bicyclic) bond motifs is 1. The van der Waals surface area contributed by atoms with Gasteiger partial charge in [-0.05, 0) is 49.2 Å². The number of hydrogen-bond acceptors (Lipinski definition) is 4. The van der Waals surface area contributed by atoms with Crippen molar-refractivity contribution in [2.24, 2.45) is 0 Å². The molecule has 1 heterocycles. The van der Waals surface area contributed by atoms with Crippen LogP contribution in [0.5, 0.6) is 0 Å². The van der Waals surface area contributed by atoms with Crippen LogP contribution in [0.15, 0.2) is 41.3 Å². The third-order valence-corrected chi connectivity index (χ3v) is 7.54. The number of rotatable bonds is 6. The number of sulfonamides is 1. The second-order valence-electron chi connectivity index (χ2n) is 6.93. The number of benzene rings is 2. The van der Waals surface area contributed by atoms with Gasteiger partial charge in [-0.3, -0.25) is 13.9 Å². The minimum Gasteiger partial charge on any atom is -0.355 e. The Morgan fingerprint density at radius 2 is 1.93 bits per heavy atom. The summed E-state index contributed by atoms with van der Waals surface area (Å²) in [7, 11) is -4.17. The van der Waals surface area contributed by atoms with Crippen LogP contribution < -0.4 is 14.9 Å². The molecule has 2 aromatic rings. The molecular formula is C20H21BrClN3O4S. The summed E-state index contributed by atoms with van der Waals surface area (Å²) in [6, 6.07) is 8.45. The lowest BCUT2D eigenvalue weighted by molar-refractivity contribution is -0.125. The van der Waals surface area contributed by atoms with Gasteiger partial charge in [0, 0.05) is 16.9 Å². The van der Waals surface area contributed by atoms with Crippen molar-refractivity contribution < 1.29 is 18.0 Å². The first-order valence-electron chi connectivity index (χ1n) is 9.20. The predicted molar refractivity (Wildman–Crippen MR) is 121 cm³/mol. The van der Waals surface area contributed by atoms with Crippen LogP contribution in [-0.2, 0) is 19.6 Å². The Morgan fingerprint density at radius 3 is 2.63 bits per heavy atom. The van der Waals surface area contributed by atoms with E-state index in [0.717, 1.165) is 4.31 Å². The lowest BCUT2D eigenvalue weighted by Crippen LogP contribution is -2.53. The summed E-state index contributed by atoms with van der Waals surface area (Å²) in [5.74, 6) is -0.979. The summed E-state index contributed by atoms with van der Waals surface area (Å²) in [5, 5.41) is 6.36. The van der Waals surface area contributed by atoms with Gasteiger partial charge in [0.1, 0.15) is 6.04 Å². The van der Waals surface area contributed by atoms with E-state index in [2.05, 4.69) is 26.6 Å². The number of para-hydroxylation sites is 2. The lowest BCUT2D eigenvalue weighted by Gasteiger charge is -2.37. The molecule has 0 fully saturated rings. The molecule has 10 heteroatoms. The highest BCUT2D eigenvalue weighted by Crippen LogP contribution is 2.38. The van der Waals surface area contributed by atoms with Crippen molar-refractivity contribution in [3.05, 3.63) is 52.5 Å². The van der Waals surface area contributed by atoms with Crippen LogP contribution in [0.3, 0.4) is 0 Å². The smallest absolute Gasteiger partial charge is 0.265 e. The van der Waals surface area contributed by atoms with Gasteiger partial charge in [-0.2, -0.15) is 0 Å². The van der Waals surface area contributed by atoms with Gasteiger partial charge in [0.05, 0.1) is 22.7 Å². The summed E-state index contributed by atoms with van der Waals surface area (Å²) < 4.78 is 28.5. The number of alkyl halides is 1. The summed E-state index contributed by atoms with van der Waals surface area (Å²) in [4.78, 5) is 25.2. The molecule has 1 aliphatic rings. The Hall–Kier alpha value is -2.10. The molecule has 0 spiro atoms. The molecule has 0 aromatic heterocycles. The lowest BCUT2D eigenvalue weighted by atomic mass is 10.1. The summed E-state index contributed by atoms with van der Waals surface area (Å²) in [5.41, 5.74) is 1.73. The van der Waals surface area contributed by atoms with E-state index in [1.165, 1.54) is 6.07 Å². The van der Waals surface area contributed by atoms with Crippen LogP contribution in [0.25, 0.3) is 0 Å². The Bertz CT molecular complexity index is 1110. The maximum Gasteiger partial charge on any atom is 0.265 e. The van der Waals surface area contributed by atoms with E-state index in [1.54, 1.807) is 44.2 Å². The fourth-order valence-corrected chi connectivity index (χ4v) is 5.65.